The standard InChI is InChI=1S/C18H16N4O6S/c1-11(2)29(26,27)15-8-6-12(7-9-15)17-20-21-18(28-17)19-16(23)13-4-3-5-14(10-13)22(24)25/h3-11H,1-2H3,(H,19,21,23). The van der Waals surface area contributed by atoms with Gasteiger partial charge in [-0.15, -0.1) is 5.10 Å². The first-order valence-electron chi connectivity index (χ1n) is 8.42. The lowest BCUT2D eigenvalue weighted by Gasteiger charge is -2.07. The van der Waals surface area contributed by atoms with E-state index in [1.165, 1.54) is 42.5 Å². The Hall–Kier alpha value is -3.60. The van der Waals surface area contributed by atoms with Crippen LogP contribution in [0.1, 0.15) is 24.2 Å². The van der Waals surface area contributed by atoms with E-state index in [0.717, 1.165) is 6.07 Å². The fraction of sp³-hybridized carbons (Fsp3) is 0.167. The summed E-state index contributed by atoms with van der Waals surface area (Å²) in [5, 5.41) is 20.2. The Bertz CT molecular complexity index is 1170. The van der Waals surface area contributed by atoms with Crippen molar-refractivity contribution < 1.29 is 22.6 Å². The summed E-state index contributed by atoms with van der Waals surface area (Å²) in [7, 11) is -3.40. The number of nitro benzene ring substituents is 1. The number of hydrogen-bond donors (Lipinski definition) is 1. The summed E-state index contributed by atoms with van der Waals surface area (Å²) in [5.41, 5.74) is 0.304. The van der Waals surface area contributed by atoms with Gasteiger partial charge in [0, 0.05) is 23.3 Å². The number of non-ortho nitro benzene ring substituents is 1. The number of nitro groups is 1. The maximum absolute atomic E-state index is 12.2. The fourth-order valence-corrected chi connectivity index (χ4v) is 3.44. The normalized spacial score (nSPS) is 11.4. The van der Waals surface area contributed by atoms with Gasteiger partial charge in [-0.1, -0.05) is 11.2 Å². The Balaban J connectivity index is 1.76. The van der Waals surface area contributed by atoms with Crippen LogP contribution >= 0.6 is 0 Å². The van der Waals surface area contributed by atoms with Crippen LogP contribution in [0.4, 0.5) is 11.7 Å². The first kappa shape index (κ1) is 20.1. The van der Waals surface area contributed by atoms with Crippen molar-refractivity contribution >= 4 is 27.4 Å². The minimum atomic E-state index is -3.40. The molecular formula is C18H16N4O6S. The van der Waals surface area contributed by atoms with Crippen LogP contribution in [-0.4, -0.2) is 34.7 Å². The second-order valence-corrected chi connectivity index (χ2v) is 8.80. The molecule has 150 valence electrons. The number of benzene rings is 2. The summed E-state index contributed by atoms with van der Waals surface area (Å²) in [6, 6.07) is 10.9. The number of carbonyl (C=O) groups excluding carboxylic acids is 1. The Morgan fingerprint density at radius 2 is 1.83 bits per heavy atom. The minimum absolute atomic E-state index is 0.0576. The maximum Gasteiger partial charge on any atom is 0.322 e. The molecule has 0 atom stereocenters. The zero-order chi connectivity index (χ0) is 21.2. The molecular weight excluding hydrogens is 400 g/mol. The van der Waals surface area contributed by atoms with Gasteiger partial charge in [-0.05, 0) is 44.2 Å². The van der Waals surface area contributed by atoms with E-state index in [2.05, 4.69) is 15.5 Å². The molecule has 11 heteroatoms. The van der Waals surface area contributed by atoms with Crippen molar-refractivity contribution in [2.75, 3.05) is 5.32 Å². The van der Waals surface area contributed by atoms with Gasteiger partial charge in [0.15, 0.2) is 9.84 Å². The minimum Gasteiger partial charge on any atom is -0.403 e. The largest absolute Gasteiger partial charge is 0.403 e. The van der Waals surface area contributed by atoms with Crippen molar-refractivity contribution in [3.63, 3.8) is 0 Å². The number of carbonyl (C=O) groups is 1. The van der Waals surface area contributed by atoms with E-state index in [9.17, 15) is 23.3 Å². The number of rotatable bonds is 6. The van der Waals surface area contributed by atoms with Crippen molar-refractivity contribution in [2.45, 2.75) is 24.0 Å². The van der Waals surface area contributed by atoms with Crippen molar-refractivity contribution in [2.24, 2.45) is 0 Å². The van der Waals surface area contributed by atoms with Gasteiger partial charge < -0.3 is 4.42 Å². The third-order valence-electron chi connectivity index (χ3n) is 4.02. The zero-order valence-electron chi connectivity index (χ0n) is 15.4. The number of sulfone groups is 1. The number of hydrogen-bond acceptors (Lipinski definition) is 8. The lowest BCUT2D eigenvalue weighted by Crippen LogP contribution is -2.13. The highest BCUT2D eigenvalue weighted by molar-refractivity contribution is 7.92. The van der Waals surface area contributed by atoms with Crippen LogP contribution in [0, 0.1) is 10.1 Å². The second-order valence-electron chi connectivity index (χ2n) is 6.29. The van der Waals surface area contributed by atoms with Crippen molar-refractivity contribution in [1.29, 1.82) is 0 Å². The Morgan fingerprint density at radius 3 is 2.45 bits per heavy atom. The molecule has 0 radical (unpaired) electrons. The third kappa shape index (κ3) is 4.29. The molecule has 0 aliphatic heterocycles. The average Bonchev–Trinajstić information content (AvgIpc) is 3.16. The van der Waals surface area contributed by atoms with E-state index in [-0.39, 0.29) is 28.1 Å². The highest BCUT2D eigenvalue weighted by Crippen LogP contribution is 2.24. The van der Waals surface area contributed by atoms with Crippen LogP contribution < -0.4 is 5.32 Å². The molecule has 3 rings (SSSR count). The number of anilines is 1. The molecule has 0 unspecified atom stereocenters. The summed E-state index contributed by atoms with van der Waals surface area (Å²) in [6.45, 7) is 3.19. The smallest absolute Gasteiger partial charge is 0.322 e. The third-order valence-corrected chi connectivity index (χ3v) is 6.19. The van der Waals surface area contributed by atoms with E-state index in [4.69, 9.17) is 4.42 Å². The highest BCUT2D eigenvalue weighted by atomic mass is 32.2. The molecule has 1 N–H and O–H groups in total. The van der Waals surface area contributed by atoms with Crippen LogP contribution in [0.3, 0.4) is 0 Å². The molecule has 0 saturated heterocycles. The summed E-state index contributed by atoms with van der Waals surface area (Å²) in [4.78, 5) is 22.6. The van der Waals surface area contributed by atoms with Crippen LogP contribution in [0.5, 0.6) is 0 Å². The van der Waals surface area contributed by atoms with Crippen LogP contribution in [0.2, 0.25) is 0 Å². The lowest BCUT2D eigenvalue weighted by molar-refractivity contribution is -0.384. The zero-order valence-corrected chi connectivity index (χ0v) is 16.2. The van der Waals surface area contributed by atoms with Gasteiger partial charge in [-0.3, -0.25) is 20.2 Å². The van der Waals surface area contributed by atoms with Crippen molar-refractivity contribution in [1.82, 2.24) is 10.2 Å². The molecule has 3 aromatic rings. The topological polar surface area (TPSA) is 145 Å². The van der Waals surface area contributed by atoms with Gasteiger partial charge in [0.2, 0.25) is 5.89 Å². The summed E-state index contributed by atoms with van der Waals surface area (Å²) >= 11 is 0. The Morgan fingerprint density at radius 1 is 1.14 bits per heavy atom. The first-order valence-corrected chi connectivity index (χ1v) is 9.97. The number of amides is 1. The lowest BCUT2D eigenvalue weighted by atomic mass is 10.2. The predicted octanol–water partition coefficient (Wildman–Crippen LogP) is 3.08. The molecule has 0 fully saturated rings. The molecule has 0 aliphatic rings. The fourth-order valence-electron chi connectivity index (χ4n) is 2.38. The molecule has 0 saturated carbocycles. The van der Waals surface area contributed by atoms with E-state index >= 15 is 0 Å². The van der Waals surface area contributed by atoms with Gasteiger partial charge in [-0.2, -0.15) is 0 Å². The van der Waals surface area contributed by atoms with Crippen LogP contribution in [0.15, 0.2) is 57.8 Å². The number of aromatic nitrogens is 2. The van der Waals surface area contributed by atoms with E-state index in [1.54, 1.807) is 13.8 Å². The second kappa shape index (κ2) is 7.80. The van der Waals surface area contributed by atoms with E-state index in [0.29, 0.717) is 5.56 Å². The molecule has 0 bridgehead atoms. The molecule has 0 spiro atoms. The molecule has 1 amide bonds. The molecule has 1 heterocycles. The SMILES string of the molecule is CC(C)S(=O)(=O)c1ccc(-c2nnc(NC(=O)c3cccc([N+](=O)[O-])c3)o2)cc1. The molecule has 1 aromatic heterocycles. The van der Waals surface area contributed by atoms with Gasteiger partial charge in [0.05, 0.1) is 15.1 Å². The Labute approximate surface area is 165 Å². The maximum atomic E-state index is 12.2. The summed E-state index contributed by atoms with van der Waals surface area (Å²) in [5.74, 6) is -0.574. The number of nitrogens with zero attached hydrogens (tertiary/aromatic N) is 3. The van der Waals surface area contributed by atoms with Gasteiger partial charge in [0.25, 0.3) is 11.6 Å². The quantitative estimate of drug-likeness (QED) is 0.476. The van der Waals surface area contributed by atoms with Crippen molar-refractivity contribution in [3.05, 3.63) is 64.2 Å². The van der Waals surface area contributed by atoms with E-state index in [1.807, 2.05) is 0 Å². The van der Waals surface area contributed by atoms with Crippen LogP contribution in [-0.2, 0) is 9.84 Å². The van der Waals surface area contributed by atoms with Gasteiger partial charge in [-0.25, -0.2) is 8.42 Å². The molecule has 0 aliphatic carbocycles. The number of nitrogens with one attached hydrogen (secondary N) is 1. The molecule has 2 aromatic carbocycles. The summed E-state index contributed by atoms with van der Waals surface area (Å²) in [6.07, 6.45) is 0. The van der Waals surface area contributed by atoms with E-state index < -0.39 is 25.9 Å². The van der Waals surface area contributed by atoms with Crippen molar-refractivity contribution in [3.8, 4) is 11.5 Å². The monoisotopic (exact) mass is 416 g/mol. The summed E-state index contributed by atoms with van der Waals surface area (Å²) < 4.78 is 29.7. The van der Waals surface area contributed by atoms with Gasteiger partial charge >= 0.3 is 6.01 Å². The Kier molecular flexibility index (Phi) is 5.41. The molecule has 10 nitrogen and oxygen atoms in total. The van der Waals surface area contributed by atoms with Crippen LogP contribution in [0.25, 0.3) is 11.5 Å². The predicted molar refractivity (Wildman–Crippen MR) is 103 cm³/mol. The highest BCUT2D eigenvalue weighted by Gasteiger charge is 2.20. The first-order chi connectivity index (χ1) is 13.7. The molecule has 29 heavy (non-hydrogen) atoms. The van der Waals surface area contributed by atoms with Gasteiger partial charge in [0.1, 0.15) is 0 Å². The average molecular weight is 416 g/mol.